The molecule has 0 bridgehead atoms. The average Bonchev–Trinajstić information content (AvgIpc) is 2.17. The number of aliphatic imine (C=N–C) groups is 1. The lowest BCUT2D eigenvalue weighted by Gasteiger charge is -2.12. The van der Waals surface area contributed by atoms with Crippen molar-refractivity contribution in [2.75, 3.05) is 7.11 Å². The van der Waals surface area contributed by atoms with E-state index in [0.717, 1.165) is 0 Å². The Bertz CT molecular complexity index is 372. The minimum absolute atomic E-state index is 0.337. The van der Waals surface area contributed by atoms with Crippen LogP contribution in [0.3, 0.4) is 0 Å². The predicted octanol–water partition coefficient (Wildman–Crippen LogP) is 2.75. The molecule has 0 fully saturated rings. The quantitative estimate of drug-likeness (QED) is 0.570. The summed E-state index contributed by atoms with van der Waals surface area (Å²) in [6.07, 6.45) is 1.51. The Morgan fingerprint density at radius 3 is 2.86 bits per heavy atom. The van der Waals surface area contributed by atoms with Crippen molar-refractivity contribution in [2.45, 2.75) is 13.0 Å². The summed E-state index contributed by atoms with van der Waals surface area (Å²) in [6, 6.07) is 4.95. The van der Waals surface area contributed by atoms with E-state index in [9.17, 15) is 4.79 Å². The van der Waals surface area contributed by atoms with Crippen LogP contribution in [0.15, 0.2) is 23.2 Å². The summed E-state index contributed by atoms with van der Waals surface area (Å²) in [5.41, 5.74) is 0.708. The molecule has 0 aliphatic heterocycles. The van der Waals surface area contributed by atoms with Crippen molar-refractivity contribution in [3.63, 3.8) is 0 Å². The molecule has 0 aliphatic rings. The molecule has 14 heavy (non-hydrogen) atoms. The topological polar surface area (TPSA) is 38.7 Å². The van der Waals surface area contributed by atoms with Crippen LogP contribution in [0.1, 0.15) is 18.5 Å². The molecule has 0 heterocycles. The highest BCUT2D eigenvalue weighted by molar-refractivity contribution is 6.31. The number of carbonyl (C=O) groups excluding carboxylic acids is 1. The summed E-state index contributed by atoms with van der Waals surface area (Å²) in [6.45, 7) is 1.76. The third-order valence-corrected chi connectivity index (χ3v) is 2.23. The fourth-order valence-electron chi connectivity index (χ4n) is 1.24. The van der Waals surface area contributed by atoms with Crippen LogP contribution >= 0.6 is 11.6 Å². The van der Waals surface area contributed by atoms with Gasteiger partial charge in [-0.25, -0.2) is 4.79 Å². The molecule has 0 saturated heterocycles. The molecule has 1 atom stereocenters. The van der Waals surface area contributed by atoms with Gasteiger partial charge in [0.25, 0.3) is 0 Å². The predicted molar refractivity (Wildman–Crippen MR) is 54.5 cm³/mol. The molecule has 1 unspecified atom stereocenters. The van der Waals surface area contributed by atoms with Crippen LogP contribution in [-0.4, -0.2) is 13.2 Å². The molecule has 1 rings (SSSR count). The number of hydrogen-bond donors (Lipinski definition) is 0. The Hall–Kier alpha value is -1.31. The highest BCUT2D eigenvalue weighted by Crippen LogP contribution is 2.33. The highest BCUT2D eigenvalue weighted by atomic mass is 35.5. The van der Waals surface area contributed by atoms with Gasteiger partial charge in [0.2, 0.25) is 6.08 Å². The number of halogens is 1. The van der Waals surface area contributed by atoms with Crippen LogP contribution < -0.4 is 4.74 Å². The minimum Gasteiger partial charge on any atom is -0.496 e. The molecule has 74 valence electrons. The van der Waals surface area contributed by atoms with Crippen molar-refractivity contribution < 1.29 is 9.53 Å². The largest absolute Gasteiger partial charge is 0.496 e. The summed E-state index contributed by atoms with van der Waals surface area (Å²) >= 11 is 5.97. The molecule has 0 saturated carbocycles. The van der Waals surface area contributed by atoms with E-state index < -0.39 is 0 Å². The van der Waals surface area contributed by atoms with Gasteiger partial charge in [-0.15, -0.1) is 0 Å². The van der Waals surface area contributed by atoms with Gasteiger partial charge in [0, 0.05) is 10.6 Å². The molecule has 0 aliphatic carbocycles. The van der Waals surface area contributed by atoms with Crippen LogP contribution in [0, 0.1) is 0 Å². The maximum atomic E-state index is 10.1. The Balaban J connectivity index is 3.22. The van der Waals surface area contributed by atoms with Crippen LogP contribution in [-0.2, 0) is 4.79 Å². The molecule has 3 nitrogen and oxygen atoms in total. The molecule has 1 aromatic rings. The SMILES string of the molecule is COc1cccc(Cl)c1C(C)N=C=O. The lowest BCUT2D eigenvalue weighted by atomic mass is 10.1. The number of methoxy groups -OCH3 is 1. The highest BCUT2D eigenvalue weighted by Gasteiger charge is 2.13. The Kier molecular flexibility index (Phi) is 3.69. The van der Waals surface area contributed by atoms with Crippen molar-refractivity contribution in [1.82, 2.24) is 0 Å². The van der Waals surface area contributed by atoms with Gasteiger partial charge in [-0.3, -0.25) is 0 Å². The summed E-state index contributed by atoms with van der Waals surface area (Å²) in [4.78, 5) is 13.7. The molecule has 0 amide bonds. The minimum atomic E-state index is -0.337. The second-order valence-electron chi connectivity index (χ2n) is 2.75. The third-order valence-electron chi connectivity index (χ3n) is 1.90. The zero-order chi connectivity index (χ0) is 10.6. The van der Waals surface area contributed by atoms with E-state index in [1.165, 1.54) is 6.08 Å². The number of benzene rings is 1. The number of hydrogen-bond acceptors (Lipinski definition) is 3. The number of ether oxygens (including phenoxy) is 1. The Morgan fingerprint density at radius 2 is 2.29 bits per heavy atom. The molecule has 4 heteroatoms. The fraction of sp³-hybridized carbons (Fsp3) is 0.300. The van der Waals surface area contributed by atoms with Crippen molar-refractivity contribution >= 4 is 17.7 Å². The smallest absolute Gasteiger partial charge is 0.235 e. The van der Waals surface area contributed by atoms with E-state index in [-0.39, 0.29) is 6.04 Å². The number of isocyanates is 1. The fourth-order valence-corrected chi connectivity index (χ4v) is 1.57. The van der Waals surface area contributed by atoms with Crippen LogP contribution in [0.2, 0.25) is 5.02 Å². The molecule has 0 aromatic heterocycles. The van der Waals surface area contributed by atoms with Crippen LogP contribution in [0.25, 0.3) is 0 Å². The first-order chi connectivity index (χ1) is 6.70. The summed E-state index contributed by atoms with van der Waals surface area (Å²) in [5, 5.41) is 0.538. The van der Waals surface area contributed by atoms with E-state index in [2.05, 4.69) is 4.99 Å². The standard InChI is InChI=1S/C10H10ClNO2/c1-7(12-6-13)10-8(11)4-3-5-9(10)14-2/h3-5,7H,1-2H3. The van der Waals surface area contributed by atoms with Gasteiger partial charge in [0.15, 0.2) is 0 Å². The summed E-state index contributed by atoms with van der Waals surface area (Å²) < 4.78 is 5.12. The lowest BCUT2D eigenvalue weighted by molar-refractivity contribution is 0.407. The maximum absolute atomic E-state index is 10.1. The number of nitrogens with zero attached hydrogens (tertiary/aromatic N) is 1. The Morgan fingerprint density at radius 1 is 1.57 bits per heavy atom. The van der Waals surface area contributed by atoms with Gasteiger partial charge in [-0.2, -0.15) is 4.99 Å². The average molecular weight is 212 g/mol. The summed E-state index contributed by atoms with van der Waals surface area (Å²) in [5.74, 6) is 0.629. The Labute approximate surface area is 87.4 Å². The molecule has 0 N–H and O–H groups in total. The van der Waals surface area contributed by atoms with Gasteiger partial charge in [0.05, 0.1) is 13.2 Å². The first-order valence-electron chi connectivity index (χ1n) is 4.10. The third kappa shape index (κ3) is 2.13. The molecular formula is C10H10ClNO2. The van der Waals surface area contributed by atoms with Gasteiger partial charge in [-0.1, -0.05) is 17.7 Å². The molecule has 0 spiro atoms. The van der Waals surface area contributed by atoms with Gasteiger partial charge >= 0.3 is 0 Å². The maximum Gasteiger partial charge on any atom is 0.235 e. The van der Waals surface area contributed by atoms with Crippen LogP contribution in [0.4, 0.5) is 0 Å². The molecule has 1 aromatic carbocycles. The zero-order valence-corrected chi connectivity index (χ0v) is 8.71. The van der Waals surface area contributed by atoms with Crippen molar-refractivity contribution in [3.8, 4) is 5.75 Å². The molecule has 0 radical (unpaired) electrons. The molecular weight excluding hydrogens is 202 g/mol. The van der Waals surface area contributed by atoms with Gasteiger partial charge in [0.1, 0.15) is 5.75 Å². The first-order valence-corrected chi connectivity index (χ1v) is 4.48. The van der Waals surface area contributed by atoms with Crippen molar-refractivity contribution in [2.24, 2.45) is 4.99 Å². The summed E-state index contributed by atoms with van der Waals surface area (Å²) in [7, 11) is 1.55. The normalized spacial score (nSPS) is 11.6. The second kappa shape index (κ2) is 4.80. The van der Waals surface area contributed by atoms with Gasteiger partial charge < -0.3 is 4.74 Å². The monoisotopic (exact) mass is 211 g/mol. The first kappa shape index (κ1) is 10.8. The zero-order valence-electron chi connectivity index (χ0n) is 7.95. The van der Waals surface area contributed by atoms with E-state index >= 15 is 0 Å². The van der Waals surface area contributed by atoms with Gasteiger partial charge in [-0.05, 0) is 19.1 Å². The van der Waals surface area contributed by atoms with Crippen molar-refractivity contribution in [3.05, 3.63) is 28.8 Å². The van der Waals surface area contributed by atoms with E-state index in [1.54, 1.807) is 32.2 Å². The van der Waals surface area contributed by atoms with E-state index in [4.69, 9.17) is 16.3 Å². The number of rotatable bonds is 3. The van der Waals surface area contributed by atoms with Crippen molar-refractivity contribution in [1.29, 1.82) is 0 Å². The van der Waals surface area contributed by atoms with E-state index in [0.29, 0.717) is 16.3 Å². The van der Waals surface area contributed by atoms with E-state index in [1.807, 2.05) is 0 Å². The van der Waals surface area contributed by atoms with Crippen LogP contribution in [0.5, 0.6) is 5.75 Å². The lowest BCUT2D eigenvalue weighted by Crippen LogP contribution is -1.96. The second-order valence-corrected chi connectivity index (χ2v) is 3.16.